The molecule has 1 aromatic heterocycles. The van der Waals surface area contributed by atoms with Gasteiger partial charge in [0.15, 0.2) is 0 Å². The van der Waals surface area contributed by atoms with Gasteiger partial charge in [-0.3, -0.25) is 9.59 Å². The van der Waals surface area contributed by atoms with Crippen molar-refractivity contribution in [3.63, 3.8) is 0 Å². The SMILES string of the molecule is COC(=O)CCC(=O)NCc1csc(Cc2ccccc2)n1. The zero-order valence-corrected chi connectivity index (χ0v) is 13.2. The summed E-state index contributed by atoms with van der Waals surface area (Å²) in [5, 5.41) is 5.71. The third kappa shape index (κ3) is 5.29. The molecule has 0 atom stereocenters. The van der Waals surface area contributed by atoms with Crippen LogP contribution in [0.5, 0.6) is 0 Å². The van der Waals surface area contributed by atoms with Gasteiger partial charge in [0.25, 0.3) is 0 Å². The minimum absolute atomic E-state index is 0.0959. The lowest BCUT2D eigenvalue weighted by Crippen LogP contribution is -2.23. The summed E-state index contributed by atoms with van der Waals surface area (Å²) in [4.78, 5) is 27.0. The van der Waals surface area contributed by atoms with E-state index in [9.17, 15) is 9.59 Å². The number of amides is 1. The van der Waals surface area contributed by atoms with E-state index < -0.39 is 0 Å². The molecule has 0 saturated carbocycles. The summed E-state index contributed by atoms with van der Waals surface area (Å²) >= 11 is 1.58. The van der Waals surface area contributed by atoms with Crippen molar-refractivity contribution in [1.29, 1.82) is 0 Å². The molecule has 0 aliphatic heterocycles. The Morgan fingerprint density at radius 1 is 1.23 bits per heavy atom. The first-order chi connectivity index (χ1) is 10.7. The topological polar surface area (TPSA) is 68.3 Å². The van der Waals surface area contributed by atoms with E-state index in [1.807, 2.05) is 23.6 Å². The number of benzene rings is 1. The molecule has 0 bridgehead atoms. The van der Waals surface area contributed by atoms with Gasteiger partial charge in [-0.15, -0.1) is 11.3 Å². The van der Waals surface area contributed by atoms with Gasteiger partial charge in [0.1, 0.15) is 0 Å². The first-order valence-electron chi connectivity index (χ1n) is 6.98. The van der Waals surface area contributed by atoms with Gasteiger partial charge in [-0.2, -0.15) is 0 Å². The maximum absolute atomic E-state index is 11.6. The zero-order valence-electron chi connectivity index (χ0n) is 12.4. The van der Waals surface area contributed by atoms with Gasteiger partial charge in [0.2, 0.25) is 5.91 Å². The van der Waals surface area contributed by atoms with Crippen LogP contribution in [0.25, 0.3) is 0 Å². The van der Waals surface area contributed by atoms with Crippen molar-refractivity contribution in [3.8, 4) is 0 Å². The monoisotopic (exact) mass is 318 g/mol. The molecular weight excluding hydrogens is 300 g/mol. The van der Waals surface area contributed by atoms with Gasteiger partial charge >= 0.3 is 5.97 Å². The molecule has 0 aliphatic carbocycles. The van der Waals surface area contributed by atoms with Crippen LogP contribution in [0, 0.1) is 0 Å². The second kappa shape index (κ2) is 8.29. The minimum Gasteiger partial charge on any atom is -0.469 e. The van der Waals surface area contributed by atoms with Gasteiger partial charge in [-0.1, -0.05) is 30.3 Å². The Hall–Kier alpha value is -2.21. The molecule has 0 aliphatic rings. The third-order valence-electron chi connectivity index (χ3n) is 3.05. The number of ether oxygens (including phenoxy) is 1. The van der Waals surface area contributed by atoms with Crippen LogP contribution < -0.4 is 5.32 Å². The Balaban J connectivity index is 1.77. The molecule has 2 rings (SSSR count). The first kappa shape index (κ1) is 16.2. The van der Waals surface area contributed by atoms with Crippen molar-refractivity contribution < 1.29 is 14.3 Å². The molecule has 116 valence electrons. The maximum Gasteiger partial charge on any atom is 0.306 e. The lowest BCUT2D eigenvalue weighted by atomic mass is 10.2. The fraction of sp³-hybridized carbons (Fsp3) is 0.312. The van der Waals surface area contributed by atoms with E-state index in [4.69, 9.17) is 0 Å². The van der Waals surface area contributed by atoms with E-state index in [2.05, 4.69) is 27.2 Å². The van der Waals surface area contributed by atoms with Crippen LogP contribution >= 0.6 is 11.3 Å². The van der Waals surface area contributed by atoms with Crippen LogP contribution in [-0.4, -0.2) is 24.0 Å². The molecule has 0 spiro atoms. The predicted molar refractivity (Wildman–Crippen MR) is 84.5 cm³/mol. The summed E-state index contributed by atoms with van der Waals surface area (Å²) in [5.74, 6) is -0.558. The van der Waals surface area contributed by atoms with Crippen LogP contribution in [0.3, 0.4) is 0 Å². The van der Waals surface area contributed by atoms with Crippen molar-refractivity contribution in [1.82, 2.24) is 10.3 Å². The summed E-state index contributed by atoms with van der Waals surface area (Å²) in [7, 11) is 1.31. The molecule has 0 saturated heterocycles. The number of hydrogen-bond donors (Lipinski definition) is 1. The van der Waals surface area contributed by atoms with Crippen LogP contribution in [0.15, 0.2) is 35.7 Å². The number of nitrogens with zero attached hydrogens (tertiary/aromatic N) is 1. The van der Waals surface area contributed by atoms with E-state index in [1.54, 1.807) is 11.3 Å². The van der Waals surface area contributed by atoms with Crippen molar-refractivity contribution in [2.75, 3.05) is 7.11 Å². The lowest BCUT2D eigenvalue weighted by Gasteiger charge is -2.02. The quantitative estimate of drug-likeness (QED) is 0.795. The highest BCUT2D eigenvalue weighted by atomic mass is 32.1. The van der Waals surface area contributed by atoms with Crippen molar-refractivity contribution in [2.45, 2.75) is 25.8 Å². The Bertz CT molecular complexity index is 625. The van der Waals surface area contributed by atoms with Crippen molar-refractivity contribution in [3.05, 3.63) is 52.0 Å². The molecule has 1 heterocycles. The van der Waals surface area contributed by atoms with Crippen LogP contribution in [0.1, 0.15) is 29.1 Å². The highest BCUT2D eigenvalue weighted by molar-refractivity contribution is 7.09. The number of nitrogens with one attached hydrogen (secondary N) is 1. The van der Waals surface area contributed by atoms with E-state index >= 15 is 0 Å². The summed E-state index contributed by atoms with van der Waals surface area (Å²) in [5.41, 5.74) is 2.05. The highest BCUT2D eigenvalue weighted by Crippen LogP contribution is 2.14. The molecule has 5 nitrogen and oxygen atoms in total. The molecule has 0 radical (unpaired) electrons. The number of hydrogen-bond acceptors (Lipinski definition) is 5. The van der Waals surface area contributed by atoms with E-state index in [0.29, 0.717) is 6.54 Å². The molecular formula is C16H18N2O3S. The number of methoxy groups -OCH3 is 1. The van der Waals surface area contributed by atoms with Gasteiger partial charge in [0, 0.05) is 18.2 Å². The lowest BCUT2D eigenvalue weighted by molar-refractivity contribution is -0.142. The number of esters is 1. The van der Waals surface area contributed by atoms with E-state index in [-0.39, 0.29) is 24.7 Å². The number of thiazole rings is 1. The average Bonchev–Trinajstić information content (AvgIpc) is 2.99. The molecule has 1 aromatic carbocycles. The van der Waals surface area contributed by atoms with E-state index in [1.165, 1.54) is 12.7 Å². The summed E-state index contributed by atoms with van der Waals surface area (Å²) in [6.07, 6.45) is 1.02. The van der Waals surface area contributed by atoms with Gasteiger partial charge < -0.3 is 10.1 Å². The third-order valence-corrected chi connectivity index (χ3v) is 3.95. The second-order valence-electron chi connectivity index (χ2n) is 4.75. The maximum atomic E-state index is 11.6. The van der Waals surface area contributed by atoms with Crippen LogP contribution in [-0.2, 0) is 27.3 Å². The number of aromatic nitrogens is 1. The fourth-order valence-electron chi connectivity index (χ4n) is 1.88. The molecule has 1 amide bonds. The Morgan fingerprint density at radius 3 is 2.73 bits per heavy atom. The second-order valence-corrected chi connectivity index (χ2v) is 5.69. The Morgan fingerprint density at radius 2 is 2.00 bits per heavy atom. The number of rotatable bonds is 7. The van der Waals surface area contributed by atoms with Crippen LogP contribution in [0.4, 0.5) is 0 Å². The molecule has 22 heavy (non-hydrogen) atoms. The zero-order chi connectivity index (χ0) is 15.8. The van der Waals surface area contributed by atoms with Crippen molar-refractivity contribution >= 4 is 23.2 Å². The molecule has 1 N–H and O–H groups in total. The van der Waals surface area contributed by atoms with Gasteiger partial charge in [0.05, 0.1) is 30.8 Å². The van der Waals surface area contributed by atoms with Gasteiger partial charge in [-0.25, -0.2) is 4.98 Å². The summed E-state index contributed by atoms with van der Waals surface area (Å²) in [6, 6.07) is 10.1. The predicted octanol–water partition coefficient (Wildman–Crippen LogP) is 2.30. The normalized spacial score (nSPS) is 10.2. The fourth-order valence-corrected chi connectivity index (χ4v) is 2.71. The number of carbonyl (C=O) groups is 2. The summed E-state index contributed by atoms with van der Waals surface area (Å²) in [6.45, 7) is 0.380. The molecule has 0 unspecified atom stereocenters. The molecule has 2 aromatic rings. The Kier molecular flexibility index (Phi) is 6.09. The largest absolute Gasteiger partial charge is 0.469 e. The van der Waals surface area contributed by atoms with E-state index in [0.717, 1.165) is 17.1 Å². The van der Waals surface area contributed by atoms with Crippen LogP contribution in [0.2, 0.25) is 0 Å². The summed E-state index contributed by atoms with van der Waals surface area (Å²) < 4.78 is 4.49. The van der Waals surface area contributed by atoms with Crippen molar-refractivity contribution in [2.24, 2.45) is 0 Å². The molecule has 6 heteroatoms. The average molecular weight is 318 g/mol. The minimum atomic E-state index is -0.381. The highest BCUT2D eigenvalue weighted by Gasteiger charge is 2.08. The molecule has 0 fully saturated rings. The standard InChI is InChI=1S/C16H18N2O3S/c1-21-16(20)8-7-14(19)17-10-13-11-22-15(18-13)9-12-5-3-2-4-6-12/h2-6,11H,7-10H2,1H3,(H,17,19). The Labute approximate surface area is 133 Å². The first-order valence-corrected chi connectivity index (χ1v) is 7.86. The van der Waals surface area contributed by atoms with Gasteiger partial charge in [-0.05, 0) is 5.56 Å². The number of carbonyl (C=O) groups excluding carboxylic acids is 2. The smallest absolute Gasteiger partial charge is 0.306 e.